The highest BCUT2D eigenvalue weighted by Crippen LogP contribution is 2.31. The number of hydrogen-bond acceptors (Lipinski definition) is 4. The van der Waals surface area contributed by atoms with E-state index in [2.05, 4.69) is 5.32 Å². The third kappa shape index (κ3) is 8.64. The van der Waals surface area contributed by atoms with Crippen LogP contribution in [0.25, 0.3) is 0 Å². The van der Waals surface area contributed by atoms with Gasteiger partial charge in [-0.2, -0.15) is 0 Å². The van der Waals surface area contributed by atoms with Gasteiger partial charge < -0.3 is 10.2 Å². The van der Waals surface area contributed by atoms with Crippen molar-refractivity contribution in [1.82, 2.24) is 10.2 Å². The summed E-state index contributed by atoms with van der Waals surface area (Å²) in [7, 11) is -3.72. The second kappa shape index (κ2) is 13.3. The minimum absolute atomic E-state index is 0.0356. The molecule has 1 N–H and O–H groups in total. The van der Waals surface area contributed by atoms with E-state index in [4.69, 9.17) is 23.2 Å². The minimum Gasteiger partial charge on any atom is -0.354 e. The Morgan fingerprint density at radius 1 is 1.08 bits per heavy atom. The van der Waals surface area contributed by atoms with E-state index in [-0.39, 0.29) is 54.0 Å². The highest BCUT2D eigenvalue weighted by atomic mass is 35.5. The monoisotopic (exact) mass is 559 g/mol. The highest BCUT2D eigenvalue weighted by molar-refractivity contribution is 7.92. The van der Waals surface area contributed by atoms with E-state index in [1.54, 1.807) is 31.2 Å². The number of halogens is 3. The Balaban J connectivity index is 2.21. The second-order valence-electron chi connectivity index (χ2n) is 8.96. The zero-order valence-electron chi connectivity index (χ0n) is 20.8. The number of carbonyl (C=O) groups is 2. The molecular formula is C25H32Cl2FN3O4S. The molecule has 0 radical (unpaired) electrons. The first-order valence-corrected chi connectivity index (χ1v) is 14.1. The van der Waals surface area contributed by atoms with Gasteiger partial charge in [0.15, 0.2) is 0 Å². The molecule has 0 aliphatic heterocycles. The number of carbonyl (C=O) groups excluding carboxylic acids is 2. The largest absolute Gasteiger partial charge is 0.354 e. The van der Waals surface area contributed by atoms with E-state index in [0.29, 0.717) is 11.6 Å². The lowest BCUT2D eigenvalue weighted by Gasteiger charge is -2.30. The van der Waals surface area contributed by atoms with Crippen LogP contribution in [0.4, 0.5) is 10.1 Å². The molecule has 2 rings (SSSR count). The van der Waals surface area contributed by atoms with E-state index in [1.807, 2.05) is 13.8 Å². The number of nitrogens with zero attached hydrogens (tertiary/aromatic N) is 2. The smallest absolute Gasteiger partial charge is 0.242 e. The van der Waals surface area contributed by atoms with Crippen molar-refractivity contribution in [2.75, 3.05) is 23.7 Å². The zero-order chi connectivity index (χ0) is 27.0. The SMILES string of the molecule is CC(C)CNC(=O)[C@@H](C)N(Cc1ccccc1F)C(=O)CCCN(c1cc(Cl)ccc1Cl)S(C)(=O)=O. The summed E-state index contributed by atoms with van der Waals surface area (Å²) < 4.78 is 40.3. The average Bonchev–Trinajstić information content (AvgIpc) is 2.80. The molecule has 11 heteroatoms. The Hall–Kier alpha value is -2.36. The number of amides is 2. The van der Waals surface area contributed by atoms with E-state index < -0.39 is 27.8 Å². The molecule has 0 spiro atoms. The lowest BCUT2D eigenvalue weighted by molar-refractivity contribution is -0.140. The first-order chi connectivity index (χ1) is 16.8. The van der Waals surface area contributed by atoms with Crippen molar-refractivity contribution in [3.8, 4) is 0 Å². The van der Waals surface area contributed by atoms with Crippen LogP contribution in [-0.2, 0) is 26.2 Å². The molecule has 0 aromatic heterocycles. The van der Waals surface area contributed by atoms with Gasteiger partial charge in [0.2, 0.25) is 21.8 Å². The first kappa shape index (κ1) is 29.9. The third-order valence-corrected chi connectivity index (χ3v) is 7.21. The fourth-order valence-electron chi connectivity index (χ4n) is 3.50. The molecule has 0 heterocycles. The number of nitrogens with one attached hydrogen (secondary N) is 1. The maximum absolute atomic E-state index is 14.3. The topological polar surface area (TPSA) is 86.8 Å². The molecule has 0 saturated heterocycles. The lowest BCUT2D eigenvalue weighted by atomic mass is 10.1. The number of anilines is 1. The van der Waals surface area contributed by atoms with Gasteiger partial charge in [-0.3, -0.25) is 13.9 Å². The summed E-state index contributed by atoms with van der Waals surface area (Å²) >= 11 is 12.2. The van der Waals surface area contributed by atoms with E-state index in [1.165, 1.54) is 23.1 Å². The summed E-state index contributed by atoms with van der Waals surface area (Å²) in [6.45, 7) is 5.79. The van der Waals surface area contributed by atoms with Gasteiger partial charge in [0.25, 0.3) is 0 Å². The zero-order valence-corrected chi connectivity index (χ0v) is 23.1. The number of hydrogen-bond donors (Lipinski definition) is 1. The molecule has 0 unspecified atom stereocenters. The molecule has 0 fully saturated rings. The number of rotatable bonds is 12. The van der Waals surface area contributed by atoms with Crippen LogP contribution in [0.3, 0.4) is 0 Å². The molecule has 2 amide bonds. The van der Waals surface area contributed by atoms with Crippen LogP contribution < -0.4 is 9.62 Å². The van der Waals surface area contributed by atoms with Crippen molar-refractivity contribution in [3.63, 3.8) is 0 Å². The maximum Gasteiger partial charge on any atom is 0.242 e. The van der Waals surface area contributed by atoms with Gasteiger partial charge >= 0.3 is 0 Å². The summed E-state index contributed by atoms with van der Waals surface area (Å²) in [6.07, 6.45) is 1.11. The Bertz CT molecular complexity index is 1180. The Morgan fingerprint density at radius 2 is 1.75 bits per heavy atom. The Kier molecular flexibility index (Phi) is 11.0. The molecule has 0 aliphatic rings. The van der Waals surface area contributed by atoms with Crippen LogP contribution in [0.15, 0.2) is 42.5 Å². The van der Waals surface area contributed by atoms with Gasteiger partial charge in [-0.15, -0.1) is 0 Å². The quantitative estimate of drug-likeness (QED) is 0.402. The van der Waals surface area contributed by atoms with Crippen molar-refractivity contribution in [1.29, 1.82) is 0 Å². The van der Waals surface area contributed by atoms with Gasteiger partial charge in [-0.1, -0.05) is 55.2 Å². The average molecular weight is 561 g/mol. The van der Waals surface area contributed by atoms with Crippen molar-refractivity contribution in [3.05, 3.63) is 63.9 Å². The van der Waals surface area contributed by atoms with Crippen molar-refractivity contribution in [2.45, 2.75) is 46.2 Å². The predicted octanol–water partition coefficient (Wildman–Crippen LogP) is 4.87. The standard InChI is InChI=1S/C25H32Cl2FN3O4S/c1-17(2)15-29-25(33)18(3)30(16-19-8-5-6-9-22(19)28)24(32)10-7-13-31(36(4,34)35)23-14-20(26)11-12-21(23)27/h5-6,8-9,11-12,14,17-18H,7,10,13,15-16H2,1-4H3,(H,29,33)/t18-/m1/s1. The molecule has 2 aromatic carbocycles. The molecule has 36 heavy (non-hydrogen) atoms. The molecule has 198 valence electrons. The van der Waals surface area contributed by atoms with Gasteiger partial charge in [0.1, 0.15) is 11.9 Å². The Morgan fingerprint density at radius 3 is 2.36 bits per heavy atom. The maximum atomic E-state index is 14.3. The normalized spacial score (nSPS) is 12.3. The number of benzene rings is 2. The third-order valence-electron chi connectivity index (χ3n) is 5.48. The fraction of sp³-hybridized carbons (Fsp3) is 0.440. The number of sulfonamides is 1. The van der Waals surface area contributed by atoms with Crippen LogP contribution in [0.2, 0.25) is 10.0 Å². The predicted molar refractivity (Wildman–Crippen MR) is 142 cm³/mol. The van der Waals surface area contributed by atoms with Crippen LogP contribution in [0.5, 0.6) is 0 Å². The molecule has 7 nitrogen and oxygen atoms in total. The van der Waals surface area contributed by atoms with E-state index in [9.17, 15) is 22.4 Å². The van der Waals surface area contributed by atoms with Crippen molar-refractivity contribution in [2.24, 2.45) is 5.92 Å². The molecule has 0 aliphatic carbocycles. The minimum atomic E-state index is -3.72. The van der Waals surface area contributed by atoms with E-state index >= 15 is 0 Å². The molecule has 0 bridgehead atoms. The second-order valence-corrected chi connectivity index (χ2v) is 11.7. The van der Waals surface area contributed by atoms with Crippen molar-refractivity contribution >= 4 is 50.7 Å². The highest BCUT2D eigenvalue weighted by Gasteiger charge is 2.27. The summed E-state index contributed by atoms with van der Waals surface area (Å²) in [5.41, 5.74) is 0.488. The van der Waals surface area contributed by atoms with Crippen molar-refractivity contribution < 1.29 is 22.4 Å². The Labute approximate surface area is 222 Å². The summed E-state index contributed by atoms with van der Waals surface area (Å²) in [4.78, 5) is 27.3. The summed E-state index contributed by atoms with van der Waals surface area (Å²) in [6, 6.07) is 9.68. The molecule has 1 atom stereocenters. The van der Waals surface area contributed by atoms with Gasteiger partial charge in [-0.05, 0) is 43.5 Å². The van der Waals surface area contributed by atoms with Crippen LogP contribution >= 0.6 is 23.2 Å². The molecule has 0 saturated carbocycles. The summed E-state index contributed by atoms with van der Waals surface area (Å²) in [5.74, 6) is -1.02. The first-order valence-electron chi connectivity index (χ1n) is 11.5. The lowest BCUT2D eigenvalue weighted by Crippen LogP contribution is -2.48. The molecule has 2 aromatic rings. The van der Waals surface area contributed by atoms with Crippen LogP contribution in [0.1, 0.15) is 39.2 Å². The van der Waals surface area contributed by atoms with Gasteiger partial charge in [-0.25, -0.2) is 12.8 Å². The van der Waals surface area contributed by atoms with Gasteiger partial charge in [0, 0.05) is 36.6 Å². The van der Waals surface area contributed by atoms with Crippen LogP contribution in [0, 0.1) is 11.7 Å². The van der Waals surface area contributed by atoms with E-state index in [0.717, 1.165) is 10.6 Å². The fourth-order valence-corrected chi connectivity index (χ4v) is 4.91. The van der Waals surface area contributed by atoms with Crippen LogP contribution in [-0.4, -0.2) is 50.5 Å². The summed E-state index contributed by atoms with van der Waals surface area (Å²) in [5, 5.41) is 3.32. The van der Waals surface area contributed by atoms with Gasteiger partial charge in [0.05, 0.1) is 17.0 Å². The molecular weight excluding hydrogens is 528 g/mol.